The Bertz CT molecular complexity index is 666. The second-order valence-electron chi connectivity index (χ2n) is 8.22. The van der Waals surface area contributed by atoms with E-state index in [1.54, 1.807) is 14.2 Å². The number of hydrogen-bond acceptors (Lipinski definition) is 5. The van der Waals surface area contributed by atoms with Gasteiger partial charge in [-0.25, -0.2) is 0 Å². The number of nitrogens with one attached hydrogen (secondary N) is 1. The number of hydrogen-bond donors (Lipinski definition) is 1. The van der Waals surface area contributed by atoms with E-state index in [1.807, 2.05) is 19.2 Å². The number of ether oxygens (including phenoxy) is 3. The Hall–Kier alpha value is -1.26. The third-order valence-electron chi connectivity index (χ3n) is 5.56. The number of guanidine groups is 1. The highest BCUT2D eigenvalue weighted by molar-refractivity contribution is 14.0. The van der Waals surface area contributed by atoms with Crippen molar-refractivity contribution in [1.82, 2.24) is 15.1 Å². The van der Waals surface area contributed by atoms with E-state index in [-0.39, 0.29) is 24.0 Å². The van der Waals surface area contributed by atoms with Crippen molar-refractivity contribution in [2.45, 2.75) is 32.7 Å². The molecule has 7 nitrogen and oxygen atoms in total. The zero-order chi connectivity index (χ0) is 21.9. The first-order valence-electron chi connectivity index (χ1n) is 10.9. The molecule has 178 valence electrons. The molecule has 1 aromatic carbocycles. The molecule has 0 aliphatic carbocycles. The first-order valence-corrected chi connectivity index (χ1v) is 10.9. The van der Waals surface area contributed by atoms with Gasteiger partial charge in [0.25, 0.3) is 0 Å². The van der Waals surface area contributed by atoms with Crippen molar-refractivity contribution in [1.29, 1.82) is 0 Å². The molecule has 1 aliphatic heterocycles. The molecular weight excluding hydrogens is 507 g/mol. The lowest BCUT2D eigenvalue weighted by molar-refractivity contribution is 0.0131. The summed E-state index contributed by atoms with van der Waals surface area (Å²) in [4.78, 5) is 9.23. The van der Waals surface area contributed by atoms with Crippen LogP contribution in [0.1, 0.15) is 25.8 Å². The van der Waals surface area contributed by atoms with E-state index in [2.05, 4.69) is 47.1 Å². The summed E-state index contributed by atoms with van der Waals surface area (Å²) >= 11 is 0. The van der Waals surface area contributed by atoms with Crippen LogP contribution in [0.15, 0.2) is 23.2 Å². The van der Waals surface area contributed by atoms with Crippen molar-refractivity contribution >= 4 is 29.9 Å². The van der Waals surface area contributed by atoms with Crippen molar-refractivity contribution < 1.29 is 14.2 Å². The van der Waals surface area contributed by atoms with Gasteiger partial charge in [-0.2, -0.15) is 0 Å². The summed E-state index contributed by atoms with van der Waals surface area (Å²) in [6, 6.07) is 6.58. The van der Waals surface area contributed by atoms with Crippen LogP contribution >= 0.6 is 24.0 Å². The van der Waals surface area contributed by atoms with Crippen molar-refractivity contribution in [3.05, 3.63) is 23.8 Å². The van der Waals surface area contributed by atoms with Crippen LogP contribution in [0.4, 0.5) is 0 Å². The number of rotatable bonds is 10. The number of aliphatic imine (C=N–C) groups is 1. The lowest BCUT2D eigenvalue weighted by Crippen LogP contribution is -2.51. The summed E-state index contributed by atoms with van der Waals surface area (Å²) in [6.45, 7) is 10.0. The summed E-state index contributed by atoms with van der Waals surface area (Å²) in [5.74, 6) is 3.11. The van der Waals surface area contributed by atoms with Crippen molar-refractivity contribution in [3.63, 3.8) is 0 Å². The van der Waals surface area contributed by atoms with Crippen molar-refractivity contribution in [3.8, 4) is 11.5 Å². The minimum atomic E-state index is 0. The quantitative estimate of drug-likeness (QED) is 0.276. The maximum absolute atomic E-state index is 5.53. The maximum atomic E-state index is 5.53. The highest BCUT2D eigenvalue weighted by Gasteiger charge is 2.22. The number of methoxy groups -OCH3 is 2. The van der Waals surface area contributed by atoms with Gasteiger partial charge in [0.15, 0.2) is 17.5 Å². The number of halogens is 1. The van der Waals surface area contributed by atoms with Crippen LogP contribution in [0.3, 0.4) is 0 Å². The van der Waals surface area contributed by atoms with Gasteiger partial charge < -0.3 is 24.4 Å². The third kappa shape index (κ3) is 9.02. The summed E-state index contributed by atoms with van der Waals surface area (Å²) in [5.41, 5.74) is 1.21. The normalized spacial score (nSPS) is 15.9. The Labute approximate surface area is 205 Å². The van der Waals surface area contributed by atoms with Crippen LogP contribution in [0, 0.1) is 5.92 Å². The van der Waals surface area contributed by atoms with Crippen LogP contribution in [-0.2, 0) is 11.2 Å². The fourth-order valence-corrected chi connectivity index (χ4v) is 3.88. The zero-order valence-electron chi connectivity index (χ0n) is 20.0. The minimum Gasteiger partial charge on any atom is -0.493 e. The lowest BCUT2D eigenvalue weighted by Gasteiger charge is -2.36. The van der Waals surface area contributed by atoms with Gasteiger partial charge in [0, 0.05) is 46.3 Å². The van der Waals surface area contributed by atoms with E-state index in [9.17, 15) is 0 Å². The topological polar surface area (TPSA) is 58.6 Å². The monoisotopic (exact) mass is 548 g/mol. The molecule has 0 saturated carbocycles. The van der Waals surface area contributed by atoms with Crippen LogP contribution in [0.25, 0.3) is 0 Å². The largest absolute Gasteiger partial charge is 0.493 e. The molecular formula is C23H41IN4O3. The van der Waals surface area contributed by atoms with Gasteiger partial charge in [-0.3, -0.25) is 9.89 Å². The molecule has 0 radical (unpaired) electrons. The highest BCUT2D eigenvalue weighted by atomic mass is 127. The number of likely N-dealkylation sites (N-methyl/N-ethyl adjacent to an activating group) is 1. The lowest BCUT2D eigenvalue weighted by atomic mass is 10.0. The fraction of sp³-hybridized carbons (Fsp3) is 0.696. The van der Waals surface area contributed by atoms with E-state index in [1.165, 1.54) is 12.0 Å². The standard InChI is InChI=1S/C23H40N4O3.HI/c1-18(2)15-20(27-11-13-30-14-12-27)17-25-23(24-3)26(4)10-9-19-7-8-21(28-5)22(16-19)29-6;/h7-8,16,18,20H,9-15,17H2,1-6H3,(H,24,25);1H. The molecule has 0 amide bonds. The third-order valence-corrected chi connectivity index (χ3v) is 5.56. The SMILES string of the molecule is CN=C(NCC(CC(C)C)N1CCOCC1)N(C)CCc1ccc(OC)c(OC)c1.I. The Morgan fingerprint density at radius 1 is 1.19 bits per heavy atom. The molecule has 1 atom stereocenters. The Kier molecular flexibility index (Phi) is 13.2. The Morgan fingerprint density at radius 2 is 1.87 bits per heavy atom. The first kappa shape index (κ1) is 27.8. The van der Waals surface area contributed by atoms with E-state index in [4.69, 9.17) is 14.2 Å². The number of nitrogens with zero attached hydrogens (tertiary/aromatic N) is 3. The molecule has 1 heterocycles. The Morgan fingerprint density at radius 3 is 2.45 bits per heavy atom. The van der Waals surface area contributed by atoms with Crippen molar-refractivity contribution in [2.75, 3.05) is 67.7 Å². The fourth-order valence-electron chi connectivity index (χ4n) is 3.88. The molecule has 1 aromatic rings. The Balaban J connectivity index is 0.00000480. The predicted molar refractivity (Wildman–Crippen MR) is 138 cm³/mol. The van der Waals surface area contributed by atoms with Gasteiger partial charge in [-0.15, -0.1) is 24.0 Å². The number of morpholine rings is 1. The smallest absolute Gasteiger partial charge is 0.193 e. The molecule has 31 heavy (non-hydrogen) atoms. The minimum absolute atomic E-state index is 0. The molecule has 1 fully saturated rings. The summed E-state index contributed by atoms with van der Waals surface area (Å²) < 4.78 is 16.3. The predicted octanol–water partition coefficient (Wildman–Crippen LogP) is 3.12. The van der Waals surface area contributed by atoms with Crippen LogP contribution in [-0.4, -0.2) is 89.5 Å². The second-order valence-corrected chi connectivity index (χ2v) is 8.22. The molecule has 8 heteroatoms. The van der Waals surface area contributed by atoms with E-state index >= 15 is 0 Å². The molecule has 2 rings (SSSR count). The van der Waals surface area contributed by atoms with Crippen LogP contribution < -0.4 is 14.8 Å². The van der Waals surface area contributed by atoms with Gasteiger partial charge in [0.2, 0.25) is 0 Å². The van der Waals surface area contributed by atoms with E-state index < -0.39 is 0 Å². The average molecular weight is 549 g/mol. The molecule has 1 aliphatic rings. The highest BCUT2D eigenvalue weighted by Crippen LogP contribution is 2.27. The van der Waals surface area contributed by atoms with Crippen molar-refractivity contribution in [2.24, 2.45) is 10.9 Å². The van der Waals surface area contributed by atoms with Crippen LogP contribution in [0.5, 0.6) is 11.5 Å². The molecule has 1 unspecified atom stereocenters. The van der Waals surface area contributed by atoms with Gasteiger partial charge in [0.05, 0.1) is 27.4 Å². The van der Waals surface area contributed by atoms with E-state index in [0.29, 0.717) is 12.0 Å². The van der Waals surface area contributed by atoms with Gasteiger partial charge in [-0.05, 0) is 36.5 Å². The van der Waals surface area contributed by atoms with Gasteiger partial charge in [0.1, 0.15) is 0 Å². The number of benzene rings is 1. The molecule has 1 saturated heterocycles. The van der Waals surface area contributed by atoms with Crippen LogP contribution in [0.2, 0.25) is 0 Å². The van der Waals surface area contributed by atoms with Gasteiger partial charge >= 0.3 is 0 Å². The second kappa shape index (κ2) is 14.7. The summed E-state index contributed by atoms with van der Waals surface area (Å²) in [7, 11) is 7.26. The summed E-state index contributed by atoms with van der Waals surface area (Å²) in [5, 5.41) is 3.60. The first-order chi connectivity index (χ1) is 14.5. The zero-order valence-corrected chi connectivity index (χ0v) is 22.3. The molecule has 1 N–H and O–H groups in total. The molecule has 0 bridgehead atoms. The summed E-state index contributed by atoms with van der Waals surface area (Å²) in [6.07, 6.45) is 2.07. The van der Waals surface area contributed by atoms with E-state index in [0.717, 1.165) is 63.3 Å². The maximum Gasteiger partial charge on any atom is 0.193 e. The average Bonchev–Trinajstić information content (AvgIpc) is 2.77. The van der Waals surface area contributed by atoms with Gasteiger partial charge in [-0.1, -0.05) is 19.9 Å². The molecule has 0 spiro atoms. The molecule has 0 aromatic heterocycles.